The Balaban J connectivity index is 1.33. The Morgan fingerprint density at radius 3 is 2.44 bits per heavy atom. The highest BCUT2D eigenvalue weighted by molar-refractivity contribution is 6.40. The van der Waals surface area contributed by atoms with E-state index in [0.717, 1.165) is 26.1 Å². The number of amides is 1. The maximum Gasteiger partial charge on any atom is 0.262 e. The zero-order valence-electron chi connectivity index (χ0n) is 24.8. The summed E-state index contributed by atoms with van der Waals surface area (Å²) in [6, 6.07) is 16.4. The number of ether oxygens (including phenoxy) is 3. The molecule has 5 rings (SSSR count). The molecule has 2 heterocycles. The van der Waals surface area contributed by atoms with Gasteiger partial charge in [-0.2, -0.15) is 4.98 Å². The molecule has 1 aliphatic heterocycles. The van der Waals surface area contributed by atoms with Crippen LogP contribution in [0, 0.1) is 5.82 Å². The van der Waals surface area contributed by atoms with E-state index < -0.39 is 11.7 Å². The van der Waals surface area contributed by atoms with Gasteiger partial charge in [0.15, 0.2) is 23.1 Å². The van der Waals surface area contributed by atoms with Crippen LogP contribution in [-0.4, -0.2) is 53.6 Å². The van der Waals surface area contributed by atoms with Gasteiger partial charge in [-0.25, -0.2) is 9.37 Å². The molecule has 0 atom stereocenters. The lowest BCUT2D eigenvalue weighted by Gasteiger charge is -2.26. The van der Waals surface area contributed by atoms with Crippen LogP contribution in [0.4, 0.5) is 21.7 Å². The zero-order valence-corrected chi connectivity index (χ0v) is 26.3. The first kappa shape index (κ1) is 32.3. The summed E-state index contributed by atoms with van der Waals surface area (Å²) in [6.45, 7) is 5.85. The van der Waals surface area contributed by atoms with Gasteiger partial charge in [0, 0.05) is 24.5 Å². The van der Waals surface area contributed by atoms with Gasteiger partial charge in [-0.15, -0.1) is 0 Å². The fourth-order valence-corrected chi connectivity index (χ4v) is 5.34. The Morgan fingerprint density at radius 2 is 1.71 bits per heavy atom. The van der Waals surface area contributed by atoms with Gasteiger partial charge in [0.2, 0.25) is 11.8 Å². The van der Waals surface area contributed by atoms with Crippen molar-refractivity contribution in [3.8, 4) is 23.1 Å². The number of hydrogen-bond donors (Lipinski definition) is 2. The first-order chi connectivity index (χ1) is 21.9. The highest BCUT2D eigenvalue weighted by Crippen LogP contribution is 2.35. The summed E-state index contributed by atoms with van der Waals surface area (Å²) in [5.74, 6) is -0.165. The van der Waals surface area contributed by atoms with E-state index in [1.165, 1.54) is 31.5 Å². The number of halogens is 3. The van der Waals surface area contributed by atoms with Crippen molar-refractivity contribution in [2.45, 2.75) is 32.6 Å². The van der Waals surface area contributed by atoms with Gasteiger partial charge in [0.05, 0.1) is 28.9 Å². The number of anilines is 3. The number of rotatable bonds is 13. The molecule has 1 saturated heterocycles. The summed E-state index contributed by atoms with van der Waals surface area (Å²) in [5, 5.41) is 6.19. The van der Waals surface area contributed by atoms with Crippen molar-refractivity contribution in [2.24, 2.45) is 0 Å². The molecule has 0 spiro atoms. The predicted octanol–water partition coefficient (Wildman–Crippen LogP) is 8.36. The monoisotopic (exact) mass is 653 g/mol. The number of carbonyl (C=O) groups is 1. The van der Waals surface area contributed by atoms with Crippen molar-refractivity contribution in [3.05, 3.63) is 88.3 Å². The van der Waals surface area contributed by atoms with E-state index >= 15 is 0 Å². The number of nitrogens with one attached hydrogen (secondary N) is 2. The van der Waals surface area contributed by atoms with Gasteiger partial charge in [0.25, 0.3) is 5.91 Å². The number of benzene rings is 3. The third-order valence-corrected chi connectivity index (χ3v) is 7.70. The number of carbonyl (C=O) groups excluding carboxylic acids is 1. The molecule has 1 amide bonds. The van der Waals surface area contributed by atoms with Crippen molar-refractivity contribution in [2.75, 3.05) is 43.5 Å². The maximum atomic E-state index is 14.9. The van der Waals surface area contributed by atoms with Crippen LogP contribution in [0.15, 0.2) is 66.9 Å². The molecule has 0 radical (unpaired) electrons. The molecule has 0 bridgehead atoms. The second-order valence-electron chi connectivity index (χ2n) is 10.3. The van der Waals surface area contributed by atoms with E-state index in [0.29, 0.717) is 30.4 Å². The molecule has 4 aromatic rings. The summed E-state index contributed by atoms with van der Waals surface area (Å²) >= 11 is 12.5. The lowest BCUT2D eigenvalue weighted by molar-refractivity contribution is 0.102. The van der Waals surface area contributed by atoms with Crippen molar-refractivity contribution >= 4 is 46.4 Å². The average molecular weight is 655 g/mol. The summed E-state index contributed by atoms with van der Waals surface area (Å²) in [4.78, 5) is 24.5. The minimum absolute atomic E-state index is 0.00215. The molecular formula is C33H34Cl2FN5O4. The second-order valence-corrected chi connectivity index (χ2v) is 11.1. The summed E-state index contributed by atoms with van der Waals surface area (Å²) < 4.78 is 32.4. The number of nitrogens with zero attached hydrogens (tertiary/aromatic N) is 3. The summed E-state index contributed by atoms with van der Waals surface area (Å²) in [5.41, 5.74) is 0.620. The molecule has 3 aromatic carbocycles. The van der Waals surface area contributed by atoms with Gasteiger partial charge in [-0.1, -0.05) is 47.8 Å². The Hall–Kier alpha value is -4.12. The first-order valence-electron chi connectivity index (χ1n) is 14.8. The van der Waals surface area contributed by atoms with Crippen LogP contribution in [0.5, 0.6) is 23.1 Å². The lowest BCUT2D eigenvalue weighted by atomic mass is 10.1. The van der Waals surface area contributed by atoms with Crippen LogP contribution < -0.4 is 24.8 Å². The molecule has 1 fully saturated rings. The Morgan fingerprint density at radius 1 is 0.956 bits per heavy atom. The normalized spacial score (nSPS) is 13.2. The van der Waals surface area contributed by atoms with Crippen LogP contribution in [0.25, 0.3) is 0 Å². The van der Waals surface area contributed by atoms with E-state index in [1.54, 1.807) is 54.6 Å². The minimum atomic E-state index is -0.603. The van der Waals surface area contributed by atoms with Crippen LogP contribution in [0.2, 0.25) is 10.0 Å². The van der Waals surface area contributed by atoms with E-state index in [9.17, 15) is 9.18 Å². The SMILES string of the molecule is CCOc1ccccc1Oc1nc(Nc2ccc(OCCCN3CCCCC3)c(F)c2)ncc1C(=O)Nc1c(Cl)cccc1Cl. The maximum absolute atomic E-state index is 14.9. The van der Waals surface area contributed by atoms with Crippen LogP contribution in [0.1, 0.15) is 43.0 Å². The van der Waals surface area contributed by atoms with E-state index in [-0.39, 0.29) is 38.9 Å². The van der Waals surface area contributed by atoms with Crippen molar-refractivity contribution in [1.29, 1.82) is 0 Å². The zero-order chi connectivity index (χ0) is 31.6. The number of hydrogen-bond acceptors (Lipinski definition) is 8. The molecule has 1 aromatic heterocycles. The molecule has 12 heteroatoms. The summed E-state index contributed by atoms with van der Waals surface area (Å²) in [7, 11) is 0. The van der Waals surface area contributed by atoms with E-state index in [1.807, 2.05) is 6.92 Å². The lowest BCUT2D eigenvalue weighted by Crippen LogP contribution is -2.31. The molecule has 45 heavy (non-hydrogen) atoms. The molecule has 236 valence electrons. The standard InChI is InChI=1S/C33H34Cl2FN5O4/c1-2-43-28-12-4-5-13-29(28)45-32-23(31(42)39-30-24(34)10-8-11-25(30)35)21-37-33(40-32)38-22-14-15-27(26(36)20-22)44-19-9-18-41-16-6-3-7-17-41/h4-5,8,10-15,20-21H,2-3,6-7,9,16-19H2,1H3,(H,39,42)(H,37,38,40). The van der Waals surface area contributed by atoms with E-state index in [4.69, 9.17) is 37.4 Å². The Bertz CT molecular complexity index is 1600. The van der Waals surface area contributed by atoms with Gasteiger partial charge in [0.1, 0.15) is 5.56 Å². The molecule has 0 aliphatic carbocycles. The fourth-order valence-electron chi connectivity index (χ4n) is 4.85. The van der Waals surface area contributed by atoms with Gasteiger partial charge >= 0.3 is 0 Å². The topological polar surface area (TPSA) is 97.8 Å². The van der Waals surface area contributed by atoms with Crippen LogP contribution in [-0.2, 0) is 0 Å². The second kappa shape index (κ2) is 15.7. The highest BCUT2D eigenvalue weighted by atomic mass is 35.5. The molecule has 0 saturated carbocycles. The van der Waals surface area contributed by atoms with Gasteiger partial charge < -0.3 is 29.7 Å². The number of para-hydroxylation sites is 3. The van der Waals surface area contributed by atoms with Gasteiger partial charge in [-0.05, 0) is 75.7 Å². The molecule has 2 N–H and O–H groups in total. The fraction of sp³-hybridized carbons (Fsp3) is 0.303. The third kappa shape index (κ3) is 8.75. The highest BCUT2D eigenvalue weighted by Gasteiger charge is 2.21. The largest absolute Gasteiger partial charge is 0.490 e. The third-order valence-electron chi connectivity index (χ3n) is 7.07. The van der Waals surface area contributed by atoms with Crippen molar-refractivity contribution in [1.82, 2.24) is 14.9 Å². The van der Waals surface area contributed by atoms with Crippen molar-refractivity contribution in [3.63, 3.8) is 0 Å². The smallest absolute Gasteiger partial charge is 0.262 e. The Labute approximate surface area is 271 Å². The predicted molar refractivity (Wildman–Crippen MR) is 174 cm³/mol. The van der Waals surface area contributed by atoms with Crippen LogP contribution >= 0.6 is 23.2 Å². The molecular weight excluding hydrogens is 620 g/mol. The van der Waals surface area contributed by atoms with E-state index in [2.05, 4.69) is 25.5 Å². The molecule has 1 aliphatic rings. The summed E-state index contributed by atoms with van der Waals surface area (Å²) in [6.07, 6.45) is 5.87. The minimum Gasteiger partial charge on any atom is -0.490 e. The average Bonchev–Trinajstić information content (AvgIpc) is 3.04. The number of piperidine rings is 1. The molecule has 0 unspecified atom stereocenters. The van der Waals surface area contributed by atoms with Crippen LogP contribution in [0.3, 0.4) is 0 Å². The molecule has 9 nitrogen and oxygen atoms in total. The van der Waals surface area contributed by atoms with Gasteiger partial charge in [-0.3, -0.25) is 4.79 Å². The van der Waals surface area contributed by atoms with Crippen molar-refractivity contribution < 1.29 is 23.4 Å². The number of aromatic nitrogens is 2. The Kier molecular flexibility index (Phi) is 11.3. The first-order valence-corrected chi connectivity index (χ1v) is 15.6. The number of likely N-dealkylation sites (tertiary alicyclic amines) is 1. The quantitative estimate of drug-likeness (QED) is 0.139.